The van der Waals surface area contributed by atoms with Crippen molar-refractivity contribution in [2.45, 2.75) is 6.92 Å². The third-order valence-corrected chi connectivity index (χ3v) is 1.93. The van der Waals surface area contributed by atoms with E-state index in [9.17, 15) is 4.79 Å². The molecule has 0 atom stereocenters. The number of aromatic nitrogens is 1. The van der Waals surface area contributed by atoms with E-state index in [1.807, 2.05) is 6.07 Å². The summed E-state index contributed by atoms with van der Waals surface area (Å²) in [7, 11) is 0. The van der Waals surface area contributed by atoms with E-state index in [1.54, 1.807) is 12.3 Å². The molecule has 1 N–H and O–H groups in total. The molecule has 1 rings (SSSR count). The number of halogens is 1. The van der Waals surface area contributed by atoms with Crippen LogP contribution in [0.25, 0.3) is 0 Å². The minimum Gasteiger partial charge on any atom is -0.324 e. The van der Waals surface area contributed by atoms with Gasteiger partial charge in [-0.05, 0) is 34.7 Å². The predicted molar refractivity (Wildman–Crippen MR) is 51.3 cm³/mol. The van der Waals surface area contributed by atoms with Crippen LogP contribution >= 0.6 is 22.6 Å². The normalized spacial score (nSPS) is 9.27. The molecule has 58 valence electrons. The summed E-state index contributed by atoms with van der Waals surface area (Å²) in [6.07, 6.45) is 1.69. The molecule has 1 amide bonds. The molecule has 0 spiro atoms. The molecule has 1 aromatic heterocycles. The van der Waals surface area contributed by atoms with E-state index in [4.69, 9.17) is 0 Å². The highest BCUT2D eigenvalue weighted by Gasteiger charge is 1.99. The van der Waals surface area contributed by atoms with Crippen LogP contribution in [-0.4, -0.2) is 10.9 Å². The fourth-order valence-corrected chi connectivity index (χ4v) is 1.14. The maximum atomic E-state index is 10.6. The van der Waals surface area contributed by atoms with Crippen molar-refractivity contribution in [3.8, 4) is 0 Å². The topological polar surface area (TPSA) is 42.0 Å². The largest absolute Gasteiger partial charge is 0.324 e. The van der Waals surface area contributed by atoms with Gasteiger partial charge < -0.3 is 5.32 Å². The quantitative estimate of drug-likeness (QED) is 0.617. The van der Waals surface area contributed by atoms with Gasteiger partial charge in [0.15, 0.2) is 0 Å². The molecule has 3 nitrogen and oxygen atoms in total. The van der Waals surface area contributed by atoms with E-state index >= 15 is 0 Å². The number of hydrogen-bond donors (Lipinski definition) is 1. The molecule has 1 heterocycles. The van der Waals surface area contributed by atoms with Gasteiger partial charge in [0.2, 0.25) is 5.91 Å². The van der Waals surface area contributed by atoms with E-state index in [1.165, 1.54) is 6.92 Å². The third kappa shape index (κ3) is 2.45. The SMILES string of the molecule is CC(=O)Nc1cccnc1I. The highest BCUT2D eigenvalue weighted by Crippen LogP contribution is 2.13. The Hall–Kier alpha value is -0.650. The molecule has 11 heavy (non-hydrogen) atoms. The van der Waals surface area contributed by atoms with Gasteiger partial charge in [0.1, 0.15) is 3.70 Å². The zero-order chi connectivity index (χ0) is 8.27. The number of anilines is 1. The highest BCUT2D eigenvalue weighted by atomic mass is 127. The van der Waals surface area contributed by atoms with Crippen molar-refractivity contribution in [1.29, 1.82) is 0 Å². The summed E-state index contributed by atoms with van der Waals surface area (Å²) >= 11 is 2.07. The lowest BCUT2D eigenvalue weighted by atomic mass is 10.4. The Morgan fingerprint density at radius 3 is 3.00 bits per heavy atom. The fourth-order valence-electron chi connectivity index (χ4n) is 0.669. The van der Waals surface area contributed by atoms with Crippen LogP contribution in [0.1, 0.15) is 6.92 Å². The number of hydrogen-bond acceptors (Lipinski definition) is 2. The monoisotopic (exact) mass is 262 g/mol. The highest BCUT2D eigenvalue weighted by molar-refractivity contribution is 14.1. The summed E-state index contributed by atoms with van der Waals surface area (Å²) in [6, 6.07) is 3.60. The summed E-state index contributed by atoms with van der Waals surface area (Å²) in [4.78, 5) is 14.6. The Morgan fingerprint density at radius 2 is 2.45 bits per heavy atom. The molecule has 0 radical (unpaired) electrons. The van der Waals surface area contributed by atoms with Crippen LogP contribution in [0.2, 0.25) is 0 Å². The predicted octanol–water partition coefficient (Wildman–Crippen LogP) is 1.64. The van der Waals surface area contributed by atoms with Crippen molar-refractivity contribution in [3.63, 3.8) is 0 Å². The number of amides is 1. The number of pyridine rings is 1. The van der Waals surface area contributed by atoms with Crippen molar-refractivity contribution in [2.75, 3.05) is 5.32 Å². The Balaban J connectivity index is 2.86. The Kier molecular flexibility index (Phi) is 2.81. The standard InChI is InChI=1S/C7H7IN2O/c1-5(11)10-6-3-2-4-9-7(6)8/h2-4H,1H3,(H,10,11). The minimum absolute atomic E-state index is 0.0732. The molecule has 0 saturated carbocycles. The molecule has 0 bridgehead atoms. The third-order valence-electron chi connectivity index (χ3n) is 1.07. The van der Waals surface area contributed by atoms with Crippen LogP contribution in [0.15, 0.2) is 18.3 Å². The number of carbonyl (C=O) groups excluding carboxylic acids is 1. The maximum absolute atomic E-state index is 10.6. The lowest BCUT2D eigenvalue weighted by molar-refractivity contribution is -0.114. The van der Waals surface area contributed by atoms with E-state index in [0.29, 0.717) is 0 Å². The molecular formula is C7H7IN2O. The first kappa shape index (κ1) is 8.45. The van der Waals surface area contributed by atoms with E-state index < -0.39 is 0 Å². The first-order valence-corrected chi connectivity index (χ1v) is 4.16. The van der Waals surface area contributed by atoms with E-state index in [2.05, 4.69) is 32.9 Å². The molecule has 1 aromatic rings. The summed E-state index contributed by atoms with van der Waals surface area (Å²) in [6.45, 7) is 1.48. The summed E-state index contributed by atoms with van der Waals surface area (Å²) in [5.41, 5.74) is 0.764. The number of carbonyl (C=O) groups is 1. The van der Waals surface area contributed by atoms with Crippen molar-refractivity contribution in [3.05, 3.63) is 22.0 Å². The van der Waals surface area contributed by atoms with Gasteiger partial charge in [-0.25, -0.2) is 4.98 Å². The van der Waals surface area contributed by atoms with Gasteiger partial charge in [0.05, 0.1) is 5.69 Å². The first-order valence-electron chi connectivity index (χ1n) is 3.08. The Morgan fingerprint density at radius 1 is 1.73 bits per heavy atom. The number of nitrogens with one attached hydrogen (secondary N) is 1. The second-order valence-electron chi connectivity index (χ2n) is 2.02. The van der Waals surface area contributed by atoms with Crippen molar-refractivity contribution in [2.24, 2.45) is 0 Å². The van der Waals surface area contributed by atoms with Crippen molar-refractivity contribution in [1.82, 2.24) is 4.98 Å². The van der Waals surface area contributed by atoms with Crippen molar-refractivity contribution < 1.29 is 4.79 Å². The second kappa shape index (κ2) is 3.66. The van der Waals surface area contributed by atoms with Crippen LogP contribution in [0.5, 0.6) is 0 Å². The first-order chi connectivity index (χ1) is 5.20. The number of rotatable bonds is 1. The summed E-state index contributed by atoms with van der Waals surface area (Å²) in [5, 5.41) is 2.66. The molecule has 0 aromatic carbocycles. The minimum atomic E-state index is -0.0732. The van der Waals surface area contributed by atoms with Crippen LogP contribution in [0.3, 0.4) is 0 Å². The van der Waals surface area contributed by atoms with Gasteiger partial charge in [-0.1, -0.05) is 0 Å². The lowest BCUT2D eigenvalue weighted by Crippen LogP contribution is -2.07. The molecule has 0 aliphatic heterocycles. The van der Waals surface area contributed by atoms with Crippen LogP contribution in [0, 0.1) is 3.70 Å². The summed E-state index contributed by atoms with van der Waals surface area (Å²) in [5.74, 6) is -0.0732. The summed E-state index contributed by atoms with van der Waals surface area (Å²) < 4.78 is 0.806. The molecule has 0 aliphatic rings. The van der Waals surface area contributed by atoms with Crippen LogP contribution < -0.4 is 5.32 Å². The molecule has 0 aliphatic carbocycles. The van der Waals surface area contributed by atoms with Gasteiger partial charge in [-0.15, -0.1) is 0 Å². The molecule has 0 saturated heterocycles. The smallest absolute Gasteiger partial charge is 0.221 e. The molecule has 0 fully saturated rings. The Bertz CT molecular complexity index is 275. The molecular weight excluding hydrogens is 255 g/mol. The lowest BCUT2D eigenvalue weighted by Gasteiger charge is -2.01. The van der Waals surface area contributed by atoms with Gasteiger partial charge in [0.25, 0.3) is 0 Å². The van der Waals surface area contributed by atoms with E-state index in [0.717, 1.165) is 9.39 Å². The zero-order valence-corrected chi connectivity index (χ0v) is 8.12. The van der Waals surface area contributed by atoms with Gasteiger partial charge in [-0.3, -0.25) is 4.79 Å². The van der Waals surface area contributed by atoms with E-state index in [-0.39, 0.29) is 5.91 Å². The van der Waals surface area contributed by atoms with Gasteiger partial charge in [-0.2, -0.15) is 0 Å². The molecule has 0 unspecified atom stereocenters. The fraction of sp³-hybridized carbons (Fsp3) is 0.143. The van der Waals surface area contributed by atoms with Gasteiger partial charge in [0, 0.05) is 13.1 Å². The zero-order valence-electron chi connectivity index (χ0n) is 5.97. The van der Waals surface area contributed by atoms with Crippen molar-refractivity contribution >= 4 is 34.2 Å². The number of nitrogens with zero attached hydrogens (tertiary/aromatic N) is 1. The average molecular weight is 262 g/mol. The average Bonchev–Trinajstić information content (AvgIpc) is 1.93. The van der Waals surface area contributed by atoms with Gasteiger partial charge >= 0.3 is 0 Å². The van der Waals surface area contributed by atoms with Crippen LogP contribution in [0.4, 0.5) is 5.69 Å². The molecule has 4 heteroatoms. The Labute approximate surface area is 78.4 Å². The maximum Gasteiger partial charge on any atom is 0.221 e. The second-order valence-corrected chi connectivity index (χ2v) is 3.04. The van der Waals surface area contributed by atoms with Crippen LogP contribution in [-0.2, 0) is 4.79 Å².